The second-order valence-electron chi connectivity index (χ2n) is 5.87. The minimum Gasteiger partial charge on any atom is -0.369 e. The number of nitrogens with one attached hydrogen (secondary N) is 2. The molecule has 0 saturated carbocycles. The van der Waals surface area contributed by atoms with Crippen molar-refractivity contribution in [1.82, 2.24) is 15.6 Å². The normalized spacial score (nSPS) is 11.8. The van der Waals surface area contributed by atoms with E-state index < -0.39 is 5.41 Å². The summed E-state index contributed by atoms with van der Waals surface area (Å²) in [6.07, 6.45) is 0.850. The Morgan fingerprint density at radius 1 is 1.35 bits per heavy atom. The molecule has 4 N–H and O–H groups in total. The number of nitrogens with two attached hydrogens (primary N) is 1. The van der Waals surface area contributed by atoms with E-state index in [1.165, 1.54) is 4.88 Å². The van der Waals surface area contributed by atoms with Crippen LogP contribution in [0.25, 0.3) is 0 Å². The number of nitrogens with zero attached hydrogens (tertiary/aromatic N) is 2. The molecule has 0 bridgehead atoms. The summed E-state index contributed by atoms with van der Waals surface area (Å²) in [6, 6.07) is 0. The summed E-state index contributed by atoms with van der Waals surface area (Å²) in [6.45, 7) is 11.6. The lowest BCUT2D eigenvalue weighted by Crippen LogP contribution is -2.40. The quantitative estimate of drug-likeness (QED) is 0.335. The highest BCUT2D eigenvalue weighted by molar-refractivity contribution is 14.0. The molecule has 0 fully saturated rings. The second-order valence-corrected chi connectivity index (χ2v) is 7.16. The van der Waals surface area contributed by atoms with Gasteiger partial charge >= 0.3 is 0 Å². The molecule has 0 aliphatic rings. The van der Waals surface area contributed by atoms with Crippen LogP contribution in [0.2, 0.25) is 0 Å². The standard InChI is InChI=1S/C15H27N5OS.HI/c1-6-17-14(19-9-15(4,5)13(16)21)18-8-7-12-20-10(2)11(3)22-12;/h6-9H2,1-5H3,(H2,16,21)(H2,17,18,19);1H. The molecule has 1 aromatic heterocycles. The summed E-state index contributed by atoms with van der Waals surface area (Å²) >= 11 is 1.73. The van der Waals surface area contributed by atoms with Crippen molar-refractivity contribution in [3.63, 3.8) is 0 Å². The Labute approximate surface area is 159 Å². The van der Waals surface area contributed by atoms with E-state index in [2.05, 4.69) is 27.5 Å². The number of carbonyl (C=O) groups excluding carboxylic acids is 1. The number of rotatable bonds is 7. The van der Waals surface area contributed by atoms with Gasteiger partial charge < -0.3 is 16.4 Å². The molecular weight excluding hydrogens is 425 g/mol. The van der Waals surface area contributed by atoms with Gasteiger partial charge in [0.1, 0.15) is 0 Å². The Bertz CT molecular complexity index is 522. The molecule has 8 heteroatoms. The molecule has 0 aliphatic carbocycles. The number of thiazole rings is 1. The summed E-state index contributed by atoms with van der Waals surface area (Å²) in [5, 5.41) is 7.55. The Balaban J connectivity index is 0.00000484. The molecule has 23 heavy (non-hydrogen) atoms. The monoisotopic (exact) mass is 453 g/mol. The number of aryl methyl sites for hydroxylation is 2. The number of primary amides is 1. The van der Waals surface area contributed by atoms with E-state index in [1.54, 1.807) is 25.2 Å². The summed E-state index contributed by atoms with van der Waals surface area (Å²) in [5.41, 5.74) is 5.82. The summed E-state index contributed by atoms with van der Waals surface area (Å²) < 4.78 is 0. The number of halogens is 1. The summed E-state index contributed by atoms with van der Waals surface area (Å²) in [4.78, 5) is 21.5. The largest absolute Gasteiger partial charge is 0.369 e. The van der Waals surface area contributed by atoms with Gasteiger partial charge in [0.05, 0.1) is 22.7 Å². The predicted octanol–water partition coefficient (Wildman–Crippen LogP) is 1.99. The van der Waals surface area contributed by atoms with Gasteiger partial charge in [0, 0.05) is 24.4 Å². The van der Waals surface area contributed by atoms with E-state index >= 15 is 0 Å². The molecular formula is C15H28IN5OS. The van der Waals surface area contributed by atoms with Crippen LogP contribution in [0.1, 0.15) is 36.3 Å². The minimum atomic E-state index is -0.647. The maximum Gasteiger partial charge on any atom is 0.224 e. The van der Waals surface area contributed by atoms with Crippen LogP contribution in [-0.2, 0) is 11.2 Å². The van der Waals surface area contributed by atoms with Crippen LogP contribution in [-0.4, -0.2) is 36.5 Å². The van der Waals surface area contributed by atoms with Gasteiger partial charge in [-0.3, -0.25) is 9.79 Å². The topological polar surface area (TPSA) is 92.4 Å². The lowest BCUT2D eigenvalue weighted by atomic mass is 9.93. The van der Waals surface area contributed by atoms with E-state index in [1.807, 2.05) is 13.8 Å². The highest BCUT2D eigenvalue weighted by Crippen LogP contribution is 2.16. The highest BCUT2D eigenvalue weighted by Gasteiger charge is 2.24. The molecule has 0 atom stereocenters. The van der Waals surface area contributed by atoms with Crippen molar-refractivity contribution in [2.75, 3.05) is 19.6 Å². The fourth-order valence-electron chi connectivity index (χ4n) is 1.63. The Morgan fingerprint density at radius 3 is 2.48 bits per heavy atom. The van der Waals surface area contributed by atoms with Crippen LogP contribution in [0.15, 0.2) is 4.99 Å². The number of amides is 1. The van der Waals surface area contributed by atoms with Gasteiger partial charge in [-0.05, 0) is 34.6 Å². The van der Waals surface area contributed by atoms with Crippen molar-refractivity contribution in [1.29, 1.82) is 0 Å². The van der Waals surface area contributed by atoms with Crippen LogP contribution < -0.4 is 16.4 Å². The van der Waals surface area contributed by atoms with E-state index in [9.17, 15) is 4.79 Å². The third-order valence-electron chi connectivity index (χ3n) is 3.35. The van der Waals surface area contributed by atoms with Gasteiger partial charge in [0.15, 0.2) is 5.96 Å². The molecule has 0 unspecified atom stereocenters. The highest BCUT2D eigenvalue weighted by atomic mass is 127. The van der Waals surface area contributed by atoms with E-state index in [-0.39, 0.29) is 29.9 Å². The van der Waals surface area contributed by atoms with E-state index in [4.69, 9.17) is 5.73 Å². The summed E-state index contributed by atoms with van der Waals surface area (Å²) in [5.74, 6) is 0.350. The number of guanidine groups is 1. The van der Waals surface area contributed by atoms with Crippen molar-refractivity contribution in [2.24, 2.45) is 16.1 Å². The SMILES string of the molecule is CCNC(=NCC(C)(C)C(N)=O)NCCc1nc(C)c(C)s1.I. The van der Waals surface area contributed by atoms with Crippen molar-refractivity contribution < 1.29 is 4.79 Å². The molecule has 132 valence electrons. The molecule has 0 radical (unpaired) electrons. The van der Waals surface area contributed by atoms with Crippen molar-refractivity contribution in [3.8, 4) is 0 Å². The zero-order chi connectivity index (χ0) is 16.8. The number of hydrogen-bond acceptors (Lipinski definition) is 4. The second kappa shape index (κ2) is 10.1. The van der Waals surface area contributed by atoms with E-state index in [0.717, 1.165) is 30.2 Å². The fraction of sp³-hybridized carbons (Fsp3) is 0.667. The third kappa shape index (κ3) is 7.47. The fourth-order valence-corrected chi connectivity index (χ4v) is 2.56. The smallest absolute Gasteiger partial charge is 0.224 e. The van der Waals surface area contributed by atoms with Crippen LogP contribution in [0.4, 0.5) is 0 Å². The average molecular weight is 453 g/mol. The lowest BCUT2D eigenvalue weighted by molar-refractivity contribution is -0.125. The predicted molar refractivity (Wildman–Crippen MR) is 108 cm³/mol. The van der Waals surface area contributed by atoms with Crippen LogP contribution >= 0.6 is 35.3 Å². The van der Waals surface area contributed by atoms with Crippen LogP contribution in [0.5, 0.6) is 0 Å². The number of aliphatic imine (C=N–C) groups is 1. The molecule has 1 heterocycles. The van der Waals surface area contributed by atoms with Gasteiger partial charge in [-0.2, -0.15) is 0 Å². The molecule has 1 aromatic rings. The van der Waals surface area contributed by atoms with Gasteiger partial charge in [-0.1, -0.05) is 0 Å². The van der Waals surface area contributed by atoms with Crippen molar-refractivity contribution >= 4 is 47.2 Å². The van der Waals surface area contributed by atoms with Crippen LogP contribution in [0, 0.1) is 19.3 Å². The molecule has 1 rings (SSSR count). The molecule has 0 saturated heterocycles. The number of aromatic nitrogens is 1. The molecule has 6 nitrogen and oxygen atoms in total. The third-order valence-corrected chi connectivity index (χ3v) is 4.48. The summed E-state index contributed by atoms with van der Waals surface area (Å²) in [7, 11) is 0. The first-order valence-electron chi connectivity index (χ1n) is 7.51. The Hall–Kier alpha value is -0.900. The van der Waals surface area contributed by atoms with Crippen molar-refractivity contribution in [3.05, 3.63) is 15.6 Å². The van der Waals surface area contributed by atoms with E-state index in [0.29, 0.717) is 12.5 Å². The van der Waals surface area contributed by atoms with Crippen LogP contribution in [0.3, 0.4) is 0 Å². The number of carbonyl (C=O) groups is 1. The first-order valence-corrected chi connectivity index (χ1v) is 8.33. The lowest BCUT2D eigenvalue weighted by Gasteiger charge is -2.19. The zero-order valence-corrected chi connectivity index (χ0v) is 17.7. The van der Waals surface area contributed by atoms with Gasteiger partial charge in [0.2, 0.25) is 5.91 Å². The average Bonchev–Trinajstić information content (AvgIpc) is 2.75. The minimum absolute atomic E-state index is 0. The van der Waals surface area contributed by atoms with Gasteiger partial charge in [-0.25, -0.2) is 4.98 Å². The molecule has 0 aliphatic heterocycles. The zero-order valence-electron chi connectivity index (χ0n) is 14.5. The Morgan fingerprint density at radius 2 is 2.00 bits per heavy atom. The molecule has 1 amide bonds. The molecule has 0 aromatic carbocycles. The molecule has 0 spiro atoms. The number of hydrogen-bond donors (Lipinski definition) is 3. The first kappa shape index (κ1) is 22.1. The van der Waals surface area contributed by atoms with Gasteiger partial charge in [-0.15, -0.1) is 35.3 Å². The van der Waals surface area contributed by atoms with Crippen molar-refractivity contribution in [2.45, 2.75) is 41.0 Å². The first-order chi connectivity index (χ1) is 10.3. The Kier molecular flexibility index (Phi) is 9.67. The maximum atomic E-state index is 11.3. The maximum absolute atomic E-state index is 11.3. The van der Waals surface area contributed by atoms with Gasteiger partial charge in [0.25, 0.3) is 0 Å².